The lowest BCUT2D eigenvalue weighted by atomic mass is 10.1. The molecule has 1 saturated heterocycles. The molecule has 1 aromatic carbocycles. The Hall–Kier alpha value is -0.450. The van der Waals surface area contributed by atoms with Crippen molar-refractivity contribution >= 4 is 15.9 Å². The third kappa shape index (κ3) is 3.50. The van der Waals surface area contributed by atoms with Crippen molar-refractivity contribution in [3.05, 3.63) is 33.5 Å². The summed E-state index contributed by atoms with van der Waals surface area (Å²) in [5.74, 6) is -0.116. The zero-order valence-corrected chi connectivity index (χ0v) is 11.7. The molecule has 0 saturated carbocycles. The van der Waals surface area contributed by atoms with Gasteiger partial charge in [-0.3, -0.25) is 0 Å². The molecular formula is C13H18BrFN2. The van der Waals surface area contributed by atoms with Gasteiger partial charge in [-0.1, -0.05) is 15.9 Å². The normalized spacial score (nSPS) is 17.4. The highest BCUT2D eigenvalue weighted by Crippen LogP contribution is 2.21. The van der Waals surface area contributed by atoms with Gasteiger partial charge in [-0.25, -0.2) is 4.39 Å². The topological polar surface area (TPSA) is 15.3 Å². The van der Waals surface area contributed by atoms with E-state index >= 15 is 0 Å². The number of nitrogens with zero attached hydrogens (tertiary/aromatic N) is 1. The molecule has 1 N–H and O–H groups in total. The quantitative estimate of drug-likeness (QED) is 0.922. The molecule has 1 fully saturated rings. The van der Waals surface area contributed by atoms with Crippen LogP contribution in [-0.2, 0) is 6.42 Å². The lowest BCUT2D eigenvalue weighted by Crippen LogP contribution is -2.44. The Kier molecular flexibility index (Phi) is 4.54. The highest BCUT2D eigenvalue weighted by Gasteiger charge is 2.10. The van der Waals surface area contributed by atoms with E-state index in [-0.39, 0.29) is 5.82 Å². The second-order valence-corrected chi connectivity index (χ2v) is 5.38. The van der Waals surface area contributed by atoms with Gasteiger partial charge in [-0.15, -0.1) is 0 Å². The molecule has 0 spiro atoms. The summed E-state index contributed by atoms with van der Waals surface area (Å²) < 4.78 is 14.4. The van der Waals surface area contributed by atoms with Gasteiger partial charge in [-0.05, 0) is 36.6 Å². The summed E-state index contributed by atoms with van der Waals surface area (Å²) in [5.41, 5.74) is 1.76. The van der Waals surface area contributed by atoms with Crippen molar-refractivity contribution in [1.29, 1.82) is 0 Å². The summed E-state index contributed by atoms with van der Waals surface area (Å²) in [5, 5.41) is 3.33. The summed E-state index contributed by atoms with van der Waals surface area (Å²) in [6.45, 7) is 7.11. The average Bonchev–Trinajstić information content (AvgIpc) is 2.34. The molecule has 0 aromatic heterocycles. The van der Waals surface area contributed by atoms with E-state index in [0.29, 0.717) is 5.56 Å². The third-order valence-electron chi connectivity index (χ3n) is 3.27. The van der Waals surface area contributed by atoms with Gasteiger partial charge in [0, 0.05) is 37.2 Å². The second kappa shape index (κ2) is 5.94. The van der Waals surface area contributed by atoms with Gasteiger partial charge >= 0.3 is 0 Å². The highest BCUT2D eigenvalue weighted by atomic mass is 79.9. The minimum atomic E-state index is -0.116. The fourth-order valence-electron chi connectivity index (χ4n) is 2.06. The number of rotatable bonds is 3. The predicted octanol–water partition coefficient (Wildman–Crippen LogP) is 2.34. The van der Waals surface area contributed by atoms with Crippen LogP contribution in [0.15, 0.2) is 16.6 Å². The molecule has 1 aliphatic rings. The van der Waals surface area contributed by atoms with Crippen LogP contribution in [0.4, 0.5) is 4.39 Å². The number of halogens is 2. The van der Waals surface area contributed by atoms with Crippen molar-refractivity contribution in [2.24, 2.45) is 0 Å². The van der Waals surface area contributed by atoms with Crippen LogP contribution in [0.1, 0.15) is 11.1 Å². The molecule has 2 rings (SSSR count). The Morgan fingerprint density at radius 3 is 2.71 bits per heavy atom. The van der Waals surface area contributed by atoms with Gasteiger partial charge in [0.25, 0.3) is 0 Å². The molecule has 0 atom stereocenters. The summed E-state index contributed by atoms with van der Waals surface area (Å²) in [4.78, 5) is 2.42. The molecule has 1 aliphatic heterocycles. The zero-order valence-electron chi connectivity index (χ0n) is 10.1. The molecule has 0 radical (unpaired) electrons. The van der Waals surface area contributed by atoms with E-state index in [0.717, 1.165) is 49.2 Å². The molecule has 0 aliphatic carbocycles. The third-order valence-corrected chi connectivity index (χ3v) is 4.09. The molecular weight excluding hydrogens is 283 g/mol. The largest absolute Gasteiger partial charge is 0.314 e. The summed E-state index contributed by atoms with van der Waals surface area (Å²) in [6.07, 6.45) is 0.912. The first-order chi connectivity index (χ1) is 8.16. The van der Waals surface area contributed by atoms with Crippen molar-refractivity contribution in [2.45, 2.75) is 13.3 Å². The van der Waals surface area contributed by atoms with Gasteiger partial charge in [0.05, 0.1) is 0 Å². The van der Waals surface area contributed by atoms with Crippen LogP contribution in [0.5, 0.6) is 0 Å². The average molecular weight is 301 g/mol. The molecule has 1 heterocycles. The van der Waals surface area contributed by atoms with E-state index in [9.17, 15) is 4.39 Å². The first-order valence-electron chi connectivity index (χ1n) is 6.04. The smallest absolute Gasteiger partial charge is 0.127 e. The van der Waals surface area contributed by atoms with E-state index < -0.39 is 0 Å². The number of benzene rings is 1. The molecule has 17 heavy (non-hydrogen) atoms. The van der Waals surface area contributed by atoms with Crippen LogP contribution < -0.4 is 5.32 Å². The summed E-state index contributed by atoms with van der Waals surface area (Å²) >= 11 is 3.40. The Morgan fingerprint density at radius 1 is 1.35 bits per heavy atom. The van der Waals surface area contributed by atoms with Crippen LogP contribution in [0.2, 0.25) is 0 Å². The van der Waals surface area contributed by atoms with Gasteiger partial charge in [-0.2, -0.15) is 0 Å². The fourth-order valence-corrected chi connectivity index (χ4v) is 2.55. The number of hydrogen-bond acceptors (Lipinski definition) is 2. The first-order valence-corrected chi connectivity index (χ1v) is 6.84. The van der Waals surface area contributed by atoms with Crippen molar-refractivity contribution in [2.75, 3.05) is 32.7 Å². The Balaban J connectivity index is 1.94. The van der Waals surface area contributed by atoms with Crippen LogP contribution >= 0.6 is 15.9 Å². The summed E-state index contributed by atoms with van der Waals surface area (Å²) in [6, 6.07) is 3.68. The van der Waals surface area contributed by atoms with Crippen LogP contribution in [0.3, 0.4) is 0 Å². The maximum atomic E-state index is 13.6. The maximum absolute atomic E-state index is 13.6. The van der Waals surface area contributed by atoms with E-state index in [1.165, 1.54) is 0 Å². The monoisotopic (exact) mass is 300 g/mol. The molecule has 2 nitrogen and oxygen atoms in total. The number of nitrogens with one attached hydrogen (secondary N) is 1. The molecule has 0 amide bonds. The molecule has 94 valence electrons. The molecule has 4 heteroatoms. The maximum Gasteiger partial charge on any atom is 0.127 e. The van der Waals surface area contributed by atoms with E-state index in [1.54, 1.807) is 13.0 Å². The Morgan fingerprint density at radius 2 is 2.06 bits per heavy atom. The summed E-state index contributed by atoms with van der Waals surface area (Å²) in [7, 11) is 0. The Labute approximate surface area is 110 Å². The van der Waals surface area contributed by atoms with Crippen LogP contribution in [-0.4, -0.2) is 37.6 Å². The van der Waals surface area contributed by atoms with Gasteiger partial charge in [0.1, 0.15) is 5.82 Å². The van der Waals surface area contributed by atoms with E-state index in [4.69, 9.17) is 0 Å². The minimum absolute atomic E-state index is 0.116. The van der Waals surface area contributed by atoms with Crippen molar-refractivity contribution in [1.82, 2.24) is 10.2 Å². The Bertz CT molecular complexity index is 366. The van der Waals surface area contributed by atoms with E-state index in [2.05, 4.69) is 26.1 Å². The van der Waals surface area contributed by atoms with Gasteiger partial charge in [0.2, 0.25) is 0 Å². The lowest BCUT2D eigenvalue weighted by Gasteiger charge is -2.27. The molecule has 1 aromatic rings. The number of piperazine rings is 1. The molecule has 0 bridgehead atoms. The fraction of sp³-hybridized carbons (Fsp3) is 0.538. The number of hydrogen-bond donors (Lipinski definition) is 1. The standard InChI is InChI=1S/C13H18BrFN2/c1-10-12(14)8-11(9-13(10)15)2-5-17-6-3-16-4-7-17/h8-9,16H,2-7H2,1H3. The highest BCUT2D eigenvalue weighted by molar-refractivity contribution is 9.10. The van der Waals surface area contributed by atoms with Crippen LogP contribution in [0, 0.1) is 12.7 Å². The van der Waals surface area contributed by atoms with Crippen LogP contribution in [0.25, 0.3) is 0 Å². The SMILES string of the molecule is Cc1c(F)cc(CCN2CCNCC2)cc1Br. The van der Waals surface area contributed by atoms with E-state index in [1.807, 2.05) is 6.07 Å². The van der Waals surface area contributed by atoms with Gasteiger partial charge in [0.15, 0.2) is 0 Å². The predicted molar refractivity (Wildman–Crippen MR) is 71.9 cm³/mol. The zero-order chi connectivity index (χ0) is 12.3. The molecule has 0 unspecified atom stereocenters. The van der Waals surface area contributed by atoms with Crippen molar-refractivity contribution < 1.29 is 4.39 Å². The second-order valence-electron chi connectivity index (χ2n) is 4.53. The lowest BCUT2D eigenvalue weighted by molar-refractivity contribution is 0.244. The first kappa shape index (κ1) is 13.0. The van der Waals surface area contributed by atoms with Gasteiger partial charge < -0.3 is 10.2 Å². The van der Waals surface area contributed by atoms with Crippen molar-refractivity contribution in [3.8, 4) is 0 Å². The van der Waals surface area contributed by atoms with Crippen molar-refractivity contribution in [3.63, 3.8) is 0 Å². The minimum Gasteiger partial charge on any atom is -0.314 e.